The van der Waals surface area contributed by atoms with Crippen LogP contribution in [0, 0.1) is 12.7 Å². The minimum absolute atomic E-state index is 0.143. The Morgan fingerprint density at radius 2 is 1.96 bits per heavy atom. The maximum Gasteiger partial charge on any atom is 0.368 e. The first-order valence-electron chi connectivity index (χ1n) is 7.13. The second kappa shape index (κ2) is 6.56. The van der Waals surface area contributed by atoms with Crippen molar-refractivity contribution >= 4 is 15.9 Å². The second-order valence-corrected chi connectivity index (χ2v) is 6.04. The molecule has 0 aliphatic carbocycles. The molecule has 0 amide bonds. The Hall–Kier alpha value is -2.48. The predicted octanol–water partition coefficient (Wildman–Crippen LogP) is 2.76. The average molecular weight is 393 g/mol. The molecular weight excluding hydrogens is 379 g/mol. The molecule has 3 aromatic rings. The van der Waals surface area contributed by atoms with Gasteiger partial charge in [0.2, 0.25) is 0 Å². The molecule has 0 radical (unpaired) electrons. The van der Waals surface area contributed by atoms with Crippen molar-refractivity contribution in [3.05, 3.63) is 68.3 Å². The zero-order valence-electron chi connectivity index (χ0n) is 13.0. The van der Waals surface area contributed by atoms with Gasteiger partial charge in [0.25, 0.3) is 0 Å². The molecule has 2 aromatic carbocycles. The molecule has 0 atom stereocenters. The van der Waals surface area contributed by atoms with Gasteiger partial charge in [-0.2, -0.15) is 9.36 Å². The van der Waals surface area contributed by atoms with Crippen molar-refractivity contribution in [2.45, 2.75) is 13.5 Å². The molecule has 0 spiro atoms. The topological polar surface area (TPSA) is 61.9 Å². The van der Waals surface area contributed by atoms with Gasteiger partial charge in [-0.1, -0.05) is 28.1 Å². The second-order valence-electron chi connectivity index (χ2n) is 5.19. The van der Waals surface area contributed by atoms with E-state index < -0.39 is 0 Å². The van der Waals surface area contributed by atoms with E-state index in [9.17, 15) is 9.18 Å². The molecule has 0 unspecified atom stereocenters. The molecule has 1 aromatic heterocycles. The molecule has 0 saturated heterocycles. The van der Waals surface area contributed by atoms with Crippen molar-refractivity contribution in [3.63, 3.8) is 0 Å². The fourth-order valence-corrected chi connectivity index (χ4v) is 2.72. The van der Waals surface area contributed by atoms with E-state index in [2.05, 4.69) is 26.4 Å². The van der Waals surface area contributed by atoms with Crippen LogP contribution in [0.3, 0.4) is 0 Å². The quantitative estimate of drug-likeness (QED) is 0.684. The largest absolute Gasteiger partial charge is 0.488 e. The number of nitrogens with zero attached hydrogens (tertiary/aromatic N) is 4. The number of aryl methyl sites for hydroxylation is 1. The van der Waals surface area contributed by atoms with Gasteiger partial charge in [0.05, 0.1) is 5.69 Å². The van der Waals surface area contributed by atoms with Crippen molar-refractivity contribution in [1.82, 2.24) is 19.8 Å². The van der Waals surface area contributed by atoms with E-state index in [-0.39, 0.29) is 18.1 Å². The number of tetrazole rings is 1. The van der Waals surface area contributed by atoms with Crippen molar-refractivity contribution in [1.29, 1.82) is 0 Å². The van der Waals surface area contributed by atoms with Crippen molar-refractivity contribution in [2.75, 3.05) is 0 Å². The zero-order chi connectivity index (χ0) is 17.3. The summed E-state index contributed by atoms with van der Waals surface area (Å²) in [6.07, 6.45) is 0. The molecule has 0 aliphatic rings. The normalized spacial score (nSPS) is 10.8. The van der Waals surface area contributed by atoms with Crippen molar-refractivity contribution < 1.29 is 9.13 Å². The molecule has 24 heavy (non-hydrogen) atoms. The SMILES string of the molecule is Cc1c(F)cccc1OCc1c(Br)cccc1-n1nnn(C)c1=O. The van der Waals surface area contributed by atoms with Crippen LogP contribution in [0.4, 0.5) is 4.39 Å². The number of hydrogen-bond donors (Lipinski definition) is 0. The molecule has 1 heterocycles. The molecular formula is C16H14BrFN4O2. The highest BCUT2D eigenvalue weighted by molar-refractivity contribution is 9.10. The summed E-state index contributed by atoms with van der Waals surface area (Å²) in [5, 5.41) is 7.57. The number of aromatic nitrogens is 4. The Morgan fingerprint density at radius 3 is 2.67 bits per heavy atom. The highest BCUT2D eigenvalue weighted by Gasteiger charge is 2.15. The Kier molecular flexibility index (Phi) is 4.48. The number of rotatable bonds is 4. The fraction of sp³-hybridized carbons (Fsp3) is 0.188. The van der Waals surface area contributed by atoms with Crippen LogP contribution >= 0.6 is 15.9 Å². The van der Waals surface area contributed by atoms with Gasteiger partial charge in [-0.3, -0.25) is 0 Å². The zero-order valence-corrected chi connectivity index (χ0v) is 14.6. The lowest BCUT2D eigenvalue weighted by molar-refractivity contribution is 0.300. The molecule has 0 aliphatic heterocycles. The van der Waals surface area contributed by atoms with Gasteiger partial charge in [-0.05, 0) is 41.6 Å². The molecule has 0 N–H and O–H groups in total. The standard InChI is InChI=1S/C16H14BrFN4O2/c1-10-13(18)6-4-8-15(10)24-9-11-12(17)5-3-7-14(11)22-16(23)21(2)19-20-22/h3-8H,9H2,1-2H3. The third-order valence-corrected chi connectivity index (χ3v) is 4.38. The van der Waals surface area contributed by atoms with Crippen LogP contribution in [-0.4, -0.2) is 19.8 Å². The van der Waals surface area contributed by atoms with Crippen LogP contribution in [0.2, 0.25) is 0 Å². The minimum Gasteiger partial charge on any atom is -0.488 e. The Labute approximate surface area is 145 Å². The smallest absolute Gasteiger partial charge is 0.368 e. The van der Waals surface area contributed by atoms with Gasteiger partial charge in [0, 0.05) is 22.6 Å². The molecule has 3 rings (SSSR count). The summed E-state index contributed by atoms with van der Waals surface area (Å²) in [6, 6.07) is 10.0. The first kappa shape index (κ1) is 16.4. The van der Waals surface area contributed by atoms with Gasteiger partial charge in [-0.25, -0.2) is 9.18 Å². The number of benzene rings is 2. The third-order valence-electron chi connectivity index (χ3n) is 3.63. The highest BCUT2D eigenvalue weighted by atomic mass is 79.9. The Balaban J connectivity index is 1.98. The van der Waals surface area contributed by atoms with Gasteiger partial charge in [-0.15, -0.1) is 0 Å². The Bertz CT molecular complexity index is 951. The van der Waals surface area contributed by atoms with E-state index in [1.807, 2.05) is 6.07 Å². The lowest BCUT2D eigenvalue weighted by Gasteiger charge is -2.13. The highest BCUT2D eigenvalue weighted by Crippen LogP contribution is 2.26. The lowest BCUT2D eigenvalue weighted by Crippen LogP contribution is -2.23. The van der Waals surface area contributed by atoms with Crippen LogP contribution in [-0.2, 0) is 13.7 Å². The van der Waals surface area contributed by atoms with Gasteiger partial charge >= 0.3 is 5.69 Å². The van der Waals surface area contributed by atoms with E-state index in [1.165, 1.54) is 17.8 Å². The fourth-order valence-electron chi connectivity index (χ4n) is 2.25. The monoisotopic (exact) mass is 392 g/mol. The van der Waals surface area contributed by atoms with E-state index in [0.717, 1.165) is 9.15 Å². The number of halogens is 2. The maximum absolute atomic E-state index is 13.6. The third kappa shape index (κ3) is 2.96. The van der Waals surface area contributed by atoms with Crippen LogP contribution in [0.5, 0.6) is 5.75 Å². The van der Waals surface area contributed by atoms with Crippen LogP contribution < -0.4 is 10.4 Å². The summed E-state index contributed by atoms with van der Waals surface area (Å²) in [5.41, 5.74) is 1.33. The van der Waals surface area contributed by atoms with E-state index in [1.54, 1.807) is 31.2 Å². The Morgan fingerprint density at radius 1 is 1.21 bits per heavy atom. The van der Waals surface area contributed by atoms with Crippen molar-refractivity contribution in [3.8, 4) is 11.4 Å². The molecule has 0 saturated carbocycles. The van der Waals surface area contributed by atoms with E-state index in [0.29, 0.717) is 22.6 Å². The van der Waals surface area contributed by atoms with Crippen molar-refractivity contribution in [2.24, 2.45) is 7.05 Å². The molecule has 0 fully saturated rings. The first-order chi connectivity index (χ1) is 11.5. The van der Waals surface area contributed by atoms with Crippen LogP contribution in [0.1, 0.15) is 11.1 Å². The van der Waals surface area contributed by atoms with Gasteiger partial charge in [0.15, 0.2) is 0 Å². The predicted molar refractivity (Wildman–Crippen MR) is 89.8 cm³/mol. The summed E-state index contributed by atoms with van der Waals surface area (Å²) < 4.78 is 22.5. The summed E-state index contributed by atoms with van der Waals surface area (Å²) in [7, 11) is 1.52. The summed E-state index contributed by atoms with van der Waals surface area (Å²) in [5.74, 6) is 0.119. The minimum atomic E-state index is -0.365. The molecule has 124 valence electrons. The van der Waals surface area contributed by atoms with Gasteiger partial charge in [0.1, 0.15) is 18.2 Å². The molecule has 0 bridgehead atoms. The molecule has 8 heteroatoms. The van der Waals surface area contributed by atoms with E-state index >= 15 is 0 Å². The number of ether oxygens (including phenoxy) is 1. The maximum atomic E-state index is 13.6. The summed E-state index contributed by atoms with van der Waals surface area (Å²) in [4.78, 5) is 12.1. The first-order valence-corrected chi connectivity index (χ1v) is 7.93. The number of hydrogen-bond acceptors (Lipinski definition) is 4. The summed E-state index contributed by atoms with van der Waals surface area (Å²) in [6.45, 7) is 1.79. The molecule has 6 nitrogen and oxygen atoms in total. The summed E-state index contributed by atoms with van der Waals surface area (Å²) >= 11 is 3.46. The van der Waals surface area contributed by atoms with Crippen LogP contribution in [0.25, 0.3) is 5.69 Å². The average Bonchev–Trinajstić information content (AvgIpc) is 2.89. The van der Waals surface area contributed by atoms with Crippen LogP contribution in [0.15, 0.2) is 45.7 Å². The van der Waals surface area contributed by atoms with Gasteiger partial charge < -0.3 is 4.74 Å². The lowest BCUT2D eigenvalue weighted by atomic mass is 10.2. The van der Waals surface area contributed by atoms with E-state index in [4.69, 9.17) is 4.74 Å².